The minimum atomic E-state index is -0.919. The highest BCUT2D eigenvalue weighted by Crippen LogP contribution is 2.50. The maximum absolute atomic E-state index is 14.2. The third kappa shape index (κ3) is 2.74. The van der Waals surface area contributed by atoms with Crippen molar-refractivity contribution in [3.8, 4) is 0 Å². The number of esters is 1. The number of rotatable bonds is 4. The molecule has 24 heavy (non-hydrogen) atoms. The van der Waals surface area contributed by atoms with E-state index in [1.165, 1.54) is 18.1 Å². The zero-order valence-electron chi connectivity index (χ0n) is 13.4. The SMILES string of the molecule is COC(=O)CC1C(=O)NCCN1C(=O)C1(c2ccccc2F)CC1. The quantitative estimate of drug-likeness (QED) is 0.825. The van der Waals surface area contributed by atoms with Crippen LogP contribution in [0.1, 0.15) is 24.8 Å². The van der Waals surface area contributed by atoms with Crippen molar-refractivity contribution in [2.24, 2.45) is 0 Å². The third-order valence-electron chi connectivity index (χ3n) is 4.73. The van der Waals surface area contributed by atoms with Crippen LogP contribution in [0.15, 0.2) is 24.3 Å². The van der Waals surface area contributed by atoms with Gasteiger partial charge in [0.15, 0.2) is 0 Å². The summed E-state index contributed by atoms with van der Waals surface area (Å²) in [5, 5.41) is 2.65. The van der Waals surface area contributed by atoms with Gasteiger partial charge in [-0.05, 0) is 18.9 Å². The zero-order valence-corrected chi connectivity index (χ0v) is 13.4. The van der Waals surface area contributed by atoms with E-state index < -0.39 is 23.2 Å². The first-order valence-corrected chi connectivity index (χ1v) is 7.90. The summed E-state index contributed by atoms with van der Waals surface area (Å²) in [4.78, 5) is 38.2. The van der Waals surface area contributed by atoms with Gasteiger partial charge >= 0.3 is 5.97 Å². The first-order valence-electron chi connectivity index (χ1n) is 7.90. The van der Waals surface area contributed by atoms with Crippen LogP contribution in [-0.4, -0.2) is 48.9 Å². The van der Waals surface area contributed by atoms with Crippen molar-refractivity contribution in [2.45, 2.75) is 30.7 Å². The predicted molar refractivity (Wildman–Crippen MR) is 82.5 cm³/mol. The molecule has 7 heteroatoms. The second-order valence-electron chi connectivity index (χ2n) is 6.15. The number of hydrogen-bond donors (Lipinski definition) is 1. The van der Waals surface area contributed by atoms with Gasteiger partial charge in [0.05, 0.1) is 18.9 Å². The number of carbonyl (C=O) groups excluding carboxylic acids is 3. The minimum absolute atomic E-state index is 0.207. The third-order valence-corrected chi connectivity index (χ3v) is 4.73. The Morgan fingerprint density at radius 2 is 2.08 bits per heavy atom. The molecule has 0 radical (unpaired) electrons. The fourth-order valence-corrected chi connectivity index (χ4v) is 3.25. The Balaban J connectivity index is 1.88. The Kier molecular flexibility index (Phi) is 4.26. The van der Waals surface area contributed by atoms with Crippen molar-refractivity contribution in [3.05, 3.63) is 35.6 Å². The molecular weight excluding hydrogens is 315 g/mol. The number of halogens is 1. The maximum Gasteiger partial charge on any atom is 0.308 e. The van der Waals surface area contributed by atoms with Crippen molar-refractivity contribution in [1.82, 2.24) is 10.2 Å². The molecule has 3 rings (SSSR count). The molecule has 1 atom stereocenters. The molecule has 1 aromatic rings. The highest BCUT2D eigenvalue weighted by molar-refractivity contribution is 5.97. The second-order valence-corrected chi connectivity index (χ2v) is 6.15. The van der Waals surface area contributed by atoms with Gasteiger partial charge < -0.3 is 15.0 Å². The summed E-state index contributed by atoms with van der Waals surface area (Å²) >= 11 is 0. The van der Waals surface area contributed by atoms with Crippen LogP contribution in [0.25, 0.3) is 0 Å². The van der Waals surface area contributed by atoms with Crippen molar-refractivity contribution >= 4 is 17.8 Å². The summed E-state index contributed by atoms with van der Waals surface area (Å²) in [5.74, 6) is -1.67. The highest BCUT2D eigenvalue weighted by Gasteiger charge is 2.56. The van der Waals surface area contributed by atoms with Gasteiger partial charge in [-0.3, -0.25) is 14.4 Å². The molecule has 1 unspecified atom stereocenters. The molecule has 2 fully saturated rings. The van der Waals surface area contributed by atoms with E-state index in [1.807, 2.05) is 0 Å². The molecule has 0 bridgehead atoms. The fraction of sp³-hybridized carbons (Fsp3) is 0.471. The Bertz CT molecular complexity index is 687. The highest BCUT2D eigenvalue weighted by atomic mass is 19.1. The first kappa shape index (κ1) is 16.4. The van der Waals surface area contributed by atoms with Crippen LogP contribution >= 0.6 is 0 Å². The largest absolute Gasteiger partial charge is 0.469 e. The van der Waals surface area contributed by atoms with Crippen LogP contribution in [0.5, 0.6) is 0 Å². The second kappa shape index (κ2) is 6.22. The summed E-state index contributed by atoms with van der Waals surface area (Å²) < 4.78 is 18.8. The minimum Gasteiger partial charge on any atom is -0.469 e. The van der Waals surface area contributed by atoms with Crippen LogP contribution in [0.4, 0.5) is 4.39 Å². The molecule has 1 N–H and O–H groups in total. The molecule has 128 valence electrons. The van der Waals surface area contributed by atoms with Gasteiger partial charge in [0, 0.05) is 18.7 Å². The molecule has 2 aliphatic rings. The van der Waals surface area contributed by atoms with E-state index in [1.54, 1.807) is 18.2 Å². The molecule has 1 aromatic carbocycles. The van der Waals surface area contributed by atoms with Crippen molar-refractivity contribution in [1.29, 1.82) is 0 Å². The Labute approximate surface area is 139 Å². The average Bonchev–Trinajstić information content (AvgIpc) is 3.38. The van der Waals surface area contributed by atoms with Crippen molar-refractivity contribution in [2.75, 3.05) is 20.2 Å². The Morgan fingerprint density at radius 3 is 2.71 bits per heavy atom. The summed E-state index contributed by atoms with van der Waals surface area (Å²) in [6.07, 6.45) is 0.868. The van der Waals surface area contributed by atoms with Crippen LogP contribution in [-0.2, 0) is 24.5 Å². The number of piperazine rings is 1. The summed E-state index contributed by atoms with van der Waals surface area (Å²) in [6, 6.07) is 5.30. The van der Waals surface area contributed by atoms with Gasteiger partial charge in [0.1, 0.15) is 11.9 Å². The first-order chi connectivity index (χ1) is 11.5. The smallest absolute Gasteiger partial charge is 0.308 e. The number of methoxy groups -OCH3 is 1. The van der Waals surface area contributed by atoms with Gasteiger partial charge in [-0.1, -0.05) is 18.2 Å². The van der Waals surface area contributed by atoms with Gasteiger partial charge in [0.25, 0.3) is 0 Å². The van der Waals surface area contributed by atoms with Gasteiger partial charge in [-0.25, -0.2) is 4.39 Å². The van der Waals surface area contributed by atoms with E-state index in [9.17, 15) is 18.8 Å². The Morgan fingerprint density at radius 1 is 1.38 bits per heavy atom. The number of hydrogen-bond acceptors (Lipinski definition) is 4. The molecule has 0 spiro atoms. The van der Waals surface area contributed by atoms with E-state index >= 15 is 0 Å². The van der Waals surface area contributed by atoms with Crippen LogP contribution in [0.3, 0.4) is 0 Å². The van der Waals surface area contributed by atoms with E-state index in [0.717, 1.165) is 0 Å². The fourth-order valence-electron chi connectivity index (χ4n) is 3.25. The number of amides is 2. The molecule has 6 nitrogen and oxygen atoms in total. The number of nitrogens with one attached hydrogen (secondary N) is 1. The lowest BCUT2D eigenvalue weighted by molar-refractivity contribution is -0.151. The number of nitrogens with zero attached hydrogens (tertiary/aromatic N) is 1. The molecule has 1 heterocycles. The molecule has 0 aromatic heterocycles. The summed E-state index contributed by atoms with van der Waals surface area (Å²) in [7, 11) is 1.23. The number of carbonyl (C=O) groups is 3. The summed E-state index contributed by atoms with van der Waals surface area (Å²) in [5.41, 5.74) is -0.560. The van der Waals surface area contributed by atoms with Crippen LogP contribution in [0.2, 0.25) is 0 Å². The molecular formula is C17H19FN2O4. The molecule has 1 aliphatic heterocycles. The van der Waals surface area contributed by atoms with E-state index in [4.69, 9.17) is 0 Å². The van der Waals surface area contributed by atoms with Crippen molar-refractivity contribution < 1.29 is 23.5 Å². The molecule has 1 saturated heterocycles. The van der Waals surface area contributed by atoms with Crippen LogP contribution < -0.4 is 5.32 Å². The van der Waals surface area contributed by atoms with Crippen molar-refractivity contribution in [3.63, 3.8) is 0 Å². The molecule has 2 amide bonds. The summed E-state index contributed by atoms with van der Waals surface area (Å²) in [6.45, 7) is 0.609. The van der Waals surface area contributed by atoms with Gasteiger partial charge in [0.2, 0.25) is 11.8 Å². The predicted octanol–water partition coefficient (Wildman–Crippen LogP) is 0.747. The van der Waals surface area contributed by atoms with E-state index in [2.05, 4.69) is 10.1 Å². The lowest BCUT2D eigenvalue weighted by Gasteiger charge is -2.37. The van der Waals surface area contributed by atoms with Gasteiger partial charge in [-0.15, -0.1) is 0 Å². The number of benzene rings is 1. The molecule has 1 saturated carbocycles. The van der Waals surface area contributed by atoms with Crippen LogP contribution in [0, 0.1) is 5.82 Å². The lowest BCUT2D eigenvalue weighted by atomic mass is 9.92. The topological polar surface area (TPSA) is 75.7 Å². The lowest BCUT2D eigenvalue weighted by Crippen LogP contribution is -2.59. The maximum atomic E-state index is 14.2. The standard InChI is InChI=1S/C17H19FN2O4/c1-24-14(21)10-13-15(22)19-8-9-20(13)16(23)17(6-7-17)11-4-2-3-5-12(11)18/h2-5,13H,6-10H2,1H3,(H,19,22). The average molecular weight is 334 g/mol. The molecule has 1 aliphatic carbocycles. The number of ether oxygens (including phenoxy) is 1. The normalized spacial score (nSPS) is 21.8. The van der Waals surface area contributed by atoms with E-state index in [0.29, 0.717) is 31.5 Å². The Hall–Kier alpha value is -2.44. The zero-order chi connectivity index (χ0) is 17.3. The monoisotopic (exact) mass is 334 g/mol. The van der Waals surface area contributed by atoms with E-state index in [-0.39, 0.29) is 18.2 Å². The van der Waals surface area contributed by atoms with Gasteiger partial charge in [-0.2, -0.15) is 0 Å².